The molecule has 0 saturated heterocycles. The predicted molar refractivity (Wildman–Crippen MR) is 141 cm³/mol. The average Bonchev–Trinajstić information content (AvgIpc) is 2.88. The minimum atomic E-state index is -0.0791. The number of hydrogen-bond donors (Lipinski definition) is 1. The zero-order valence-electron chi connectivity index (χ0n) is 20.1. The number of nitrogens with zero attached hydrogens (tertiary/aromatic N) is 1. The van der Waals surface area contributed by atoms with E-state index in [2.05, 4.69) is 5.32 Å². The molecule has 0 fully saturated rings. The van der Waals surface area contributed by atoms with Crippen LogP contribution in [0.15, 0.2) is 109 Å². The molecule has 0 heterocycles. The Labute approximate surface area is 207 Å². The molecule has 1 atom stereocenters. The molecule has 4 heteroatoms. The Morgan fingerprint density at radius 2 is 1.40 bits per heavy atom. The number of carbonyl (C=O) groups is 2. The molecule has 4 aromatic rings. The molecule has 0 aliphatic carbocycles. The van der Waals surface area contributed by atoms with Crippen LogP contribution in [-0.4, -0.2) is 11.8 Å². The smallest absolute Gasteiger partial charge is 0.258 e. The SMILES string of the molecule is Cc1ccc(C(=O)N(Cc2ccccc2)c2cccc(CC(=O)NC(C)c3ccccc3)c2)cc1. The van der Waals surface area contributed by atoms with Gasteiger partial charge in [0, 0.05) is 11.3 Å². The van der Waals surface area contributed by atoms with Crippen molar-refractivity contribution in [2.24, 2.45) is 0 Å². The largest absolute Gasteiger partial charge is 0.349 e. The number of rotatable bonds is 8. The third-order valence-corrected chi connectivity index (χ3v) is 5.99. The lowest BCUT2D eigenvalue weighted by Crippen LogP contribution is -2.31. The Hall–Kier alpha value is -4.18. The lowest BCUT2D eigenvalue weighted by Gasteiger charge is -2.24. The van der Waals surface area contributed by atoms with Crippen LogP contribution in [0.1, 0.15) is 45.6 Å². The third kappa shape index (κ3) is 6.45. The lowest BCUT2D eigenvalue weighted by atomic mass is 10.1. The first-order chi connectivity index (χ1) is 17.0. The molecule has 35 heavy (non-hydrogen) atoms. The van der Waals surface area contributed by atoms with E-state index in [1.54, 1.807) is 4.90 Å². The highest BCUT2D eigenvalue weighted by Crippen LogP contribution is 2.23. The highest BCUT2D eigenvalue weighted by molar-refractivity contribution is 6.06. The van der Waals surface area contributed by atoms with Gasteiger partial charge in [-0.25, -0.2) is 0 Å². The molecular weight excluding hydrogens is 432 g/mol. The first-order valence-corrected chi connectivity index (χ1v) is 11.9. The molecule has 2 amide bonds. The molecular formula is C31H30N2O2. The van der Waals surface area contributed by atoms with Crippen LogP contribution >= 0.6 is 0 Å². The van der Waals surface area contributed by atoms with Crippen LogP contribution in [-0.2, 0) is 17.8 Å². The fourth-order valence-electron chi connectivity index (χ4n) is 4.04. The highest BCUT2D eigenvalue weighted by atomic mass is 16.2. The van der Waals surface area contributed by atoms with Crippen molar-refractivity contribution in [1.29, 1.82) is 0 Å². The number of anilines is 1. The maximum absolute atomic E-state index is 13.5. The van der Waals surface area contributed by atoms with Crippen molar-refractivity contribution in [2.45, 2.75) is 32.9 Å². The first kappa shape index (κ1) is 24.0. The van der Waals surface area contributed by atoms with Crippen LogP contribution in [0.4, 0.5) is 5.69 Å². The molecule has 0 radical (unpaired) electrons. The van der Waals surface area contributed by atoms with E-state index in [0.29, 0.717) is 12.1 Å². The highest BCUT2D eigenvalue weighted by Gasteiger charge is 2.19. The van der Waals surface area contributed by atoms with Gasteiger partial charge in [-0.2, -0.15) is 0 Å². The molecule has 4 rings (SSSR count). The summed E-state index contributed by atoms with van der Waals surface area (Å²) in [5, 5.41) is 3.07. The summed E-state index contributed by atoms with van der Waals surface area (Å²) in [5.41, 5.74) is 5.45. The van der Waals surface area contributed by atoms with Crippen LogP contribution in [0.3, 0.4) is 0 Å². The number of hydrogen-bond acceptors (Lipinski definition) is 2. The molecule has 0 aliphatic rings. The third-order valence-electron chi connectivity index (χ3n) is 5.99. The van der Waals surface area contributed by atoms with E-state index in [1.807, 2.05) is 123 Å². The standard InChI is InChI=1S/C31H30N2O2/c1-23-16-18-28(19-17-23)31(35)33(22-25-10-5-3-6-11-25)29-15-9-12-26(20-29)21-30(34)32-24(2)27-13-7-4-8-14-27/h3-20,24H,21-22H2,1-2H3,(H,32,34). The molecule has 4 aromatic carbocycles. The second-order valence-electron chi connectivity index (χ2n) is 8.79. The summed E-state index contributed by atoms with van der Waals surface area (Å²) in [5.74, 6) is -0.133. The summed E-state index contributed by atoms with van der Waals surface area (Å²) >= 11 is 0. The van der Waals surface area contributed by atoms with Gasteiger partial charge >= 0.3 is 0 Å². The molecule has 0 spiro atoms. The van der Waals surface area contributed by atoms with Crippen molar-refractivity contribution in [2.75, 3.05) is 4.90 Å². The molecule has 1 N–H and O–H groups in total. The van der Waals surface area contributed by atoms with E-state index in [0.717, 1.165) is 27.9 Å². The Kier molecular flexibility index (Phi) is 7.74. The van der Waals surface area contributed by atoms with Gasteiger partial charge in [-0.1, -0.05) is 90.5 Å². The Bertz CT molecular complexity index is 1270. The van der Waals surface area contributed by atoms with E-state index in [9.17, 15) is 9.59 Å². The molecule has 0 aromatic heterocycles. The second kappa shape index (κ2) is 11.3. The number of amides is 2. The fraction of sp³-hybridized carbons (Fsp3) is 0.161. The quantitative estimate of drug-likeness (QED) is 0.336. The minimum Gasteiger partial charge on any atom is -0.349 e. The molecule has 0 saturated carbocycles. The Morgan fingerprint density at radius 1 is 0.771 bits per heavy atom. The van der Waals surface area contributed by atoms with Crippen molar-refractivity contribution in [3.63, 3.8) is 0 Å². The van der Waals surface area contributed by atoms with Crippen molar-refractivity contribution in [3.8, 4) is 0 Å². The summed E-state index contributed by atoms with van der Waals surface area (Å²) in [6, 6.07) is 35.0. The first-order valence-electron chi connectivity index (χ1n) is 11.9. The van der Waals surface area contributed by atoms with Crippen molar-refractivity contribution >= 4 is 17.5 Å². The number of benzene rings is 4. The number of nitrogens with one attached hydrogen (secondary N) is 1. The Morgan fingerprint density at radius 3 is 2.09 bits per heavy atom. The zero-order valence-corrected chi connectivity index (χ0v) is 20.1. The van der Waals surface area contributed by atoms with Gasteiger partial charge in [0.2, 0.25) is 5.91 Å². The molecule has 1 unspecified atom stereocenters. The van der Waals surface area contributed by atoms with E-state index in [-0.39, 0.29) is 24.3 Å². The van der Waals surface area contributed by atoms with Gasteiger partial charge in [-0.05, 0) is 54.8 Å². The molecule has 176 valence electrons. The van der Waals surface area contributed by atoms with Gasteiger partial charge in [0.25, 0.3) is 5.91 Å². The molecule has 0 bridgehead atoms. The summed E-state index contributed by atoms with van der Waals surface area (Å²) in [6.45, 7) is 4.42. The lowest BCUT2D eigenvalue weighted by molar-refractivity contribution is -0.121. The second-order valence-corrected chi connectivity index (χ2v) is 8.79. The van der Waals surface area contributed by atoms with Crippen molar-refractivity contribution < 1.29 is 9.59 Å². The van der Waals surface area contributed by atoms with Crippen LogP contribution in [0, 0.1) is 6.92 Å². The summed E-state index contributed by atoms with van der Waals surface area (Å²) in [4.78, 5) is 28.1. The van der Waals surface area contributed by atoms with Crippen LogP contribution in [0.5, 0.6) is 0 Å². The van der Waals surface area contributed by atoms with Crippen molar-refractivity contribution in [1.82, 2.24) is 5.32 Å². The molecule has 0 aliphatic heterocycles. The zero-order chi connectivity index (χ0) is 24.6. The van der Waals surface area contributed by atoms with Gasteiger partial charge in [0.1, 0.15) is 0 Å². The monoisotopic (exact) mass is 462 g/mol. The predicted octanol–water partition coefficient (Wildman–Crippen LogP) is 6.26. The summed E-state index contributed by atoms with van der Waals surface area (Å²) in [7, 11) is 0. The van der Waals surface area contributed by atoms with E-state index < -0.39 is 0 Å². The van der Waals surface area contributed by atoms with Gasteiger partial charge in [-0.3, -0.25) is 9.59 Å². The van der Waals surface area contributed by atoms with Gasteiger partial charge in [-0.15, -0.1) is 0 Å². The van der Waals surface area contributed by atoms with Crippen molar-refractivity contribution in [3.05, 3.63) is 137 Å². The normalized spacial score (nSPS) is 11.5. The van der Waals surface area contributed by atoms with E-state index in [1.165, 1.54) is 0 Å². The number of carbonyl (C=O) groups excluding carboxylic acids is 2. The van der Waals surface area contributed by atoms with Gasteiger partial charge < -0.3 is 10.2 Å². The Balaban J connectivity index is 1.55. The van der Waals surface area contributed by atoms with E-state index in [4.69, 9.17) is 0 Å². The number of aryl methyl sites for hydroxylation is 1. The minimum absolute atomic E-state index is 0.0574. The van der Waals surface area contributed by atoms with Crippen LogP contribution in [0.2, 0.25) is 0 Å². The average molecular weight is 463 g/mol. The molecule has 4 nitrogen and oxygen atoms in total. The topological polar surface area (TPSA) is 49.4 Å². The van der Waals surface area contributed by atoms with Gasteiger partial charge in [0.05, 0.1) is 19.0 Å². The van der Waals surface area contributed by atoms with Gasteiger partial charge in [0.15, 0.2) is 0 Å². The fourth-order valence-corrected chi connectivity index (χ4v) is 4.04. The maximum Gasteiger partial charge on any atom is 0.258 e. The summed E-state index contributed by atoms with van der Waals surface area (Å²) in [6.07, 6.45) is 0.239. The maximum atomic E-state index is 13.5. The van der Waals surface area contributed by atoms with Crippen LogP contribution in [0.25, 0.3) is 0 Å². The summed E-state index contributed by atoms with van der Waals surface area (Å²) < 4.78 is 0. The van der Waals surface area contributed by atoms with E-state index >= 15 is 0 Å². The van der Waals surface area contributed by atoms with Crippen LogP contribution < -0.4 is 10.2 Å².